The summed E-state index contributed by atoms with van der Waals surface area (Å²) in [6, 6.07) is 10.0. The number of fused-ring (bicyclic) bond motifs is 1. The molecule has 1 aliphatic rings. The fourth-order valence-electron chi connectivity index (χ4n) is 2.19. The second-order valence-corrected chi connectivity index (χ2v) is 4.09. The summed E-state index contributed by atoms with van der Waals surface area (Å²) in [5.41, 5.74) is 3.03. The molecule has 0 fully saturated rings. The molecule has 1 aromatic carbocycles. The molecule has 0 bridgehead atoms. The quantitative estimate of drug-likeness (QED) is 0.586. The minimum absolute atomic E-state index is 0.569. The molecular weight excluding hydrogens is 158 g/mol. The molecule has 0 saturated heterocycles. The molecule has 1 heteroatoms. The number of hydrogen-bond donors (Lipinski definition) is 0. The Morgan fingerprint density at radius 3 is 2.69 bits per heavy atom. The van der Waals surface area contributed by atoms with Gasteiger partial charge < -0.3 is 0 Å². The lowest BCUT2D eigenvalue weighted by Crippen LogP contribution is -2.37. The zero-order valence-corrected chi connectivity index (χ0v) is 8.62. The number of likely N-dealkylation sites (N-methyl/N-ethyl adjacent to an activating group) is 1. The second-order valence-electron chi connectivity index (χ2n) is 4.09. The molecule has 2 unspecified atom stereocenters. The maximum Gasteiger partial charge on any atom is 0.0322 e. The molecule has 0 aliphatic carbocycles. The third kappa shape index (κ3) is 1.37. The van der Waals surface area contributed by atoms with Crippen molar-refractivity contribution in [1.29, 1.82) is 0 Å². The zero-order valence-electron chi connectivity index (χ0n) is 8.62. The van der Waals surface area contributed by atoms with Crippen molar-refractivity contribution in [2.45, 2.75) is 32.4 Å². The Morgan fingerprint density at radius 2 is 1.92 bits per heavy atom. The summed E-state index contributed by atoms with van der Waals surface area (Å²) in [6.07, 6.45) is 1.19. The van der Waals surface area contributed by atoms with Gasteiger partial charge in [0, 0.05) is 12.1 Å². The Hall–Kier alpha value is -0.820. The summed E-state index contributed by atoms with van der Waals surface area (Å²) >= 11 is 0. The van der Waals surface area contributed by atoms with Crippen LogP contribution in [0.25, 0.3) is 0 Å². The normalized spacial score (nSPS) is 28.5. The van der Waals surface area contributed by atoms with Gasteiger partial charge in [0.1, 0.15) is 0 Å². The smallest absolute Gasteiger partial charge is 0.0322 e. The van der Waals surface area contributed by atoms with Gasteiger partial charge in [0.2, 0.25) is 0 Å². The van der Waals surface area contributed by atoms with E-state index in [1.807, 2.05) is 0 Å². The van der Waals surface area contributed by atoms with Crippen LogP contribution in [-0.4, -0.2) is 18.0 Å². The Kier molecular flexibility index (Phi) is 2.12. The third-order valence-electron chi connectivity index (χ3n) is 3.33. The van der Waals surface area contributed by atoms with Crippen LogP contribution in [0.3, 0.4) is 0 Å². The van der Waals surface area contributed by atoms with Crippen molar-refractivity contribution in [3.63, 3.8) is 0 Å². The van der Waals surface area contributed by atoms with Crippen molar-refractivity contribution in [2.24, 2.45) is 0 Å². The van der Waals surface area contributed by atoms with Gasteiger partial charge in [0.05, 0.1) is 0 Å². The van der Waals surface area contributed by atoms with Gasteiger partial charge in [0.15, 0.2) is 0 Å². The first-order valence-corrected chi connectivity index (χ1v) is 5.00. The molecule has 0 amide bonds. The van der Waals surface area contributed by atoms with Gasteiger partial charge in [-0.2, -0.15) is 0 Å². The highest BCUT2D eigenvalue weighted by Gasteiger charge is 2.25. The van der Waals surface area contributed by atoms with E-state index in [0.717, 1.165) is 0 Å². The summed E-state index contributed by atoms with van der Waals surface area (Å²) in [6.45, 7) is 4.58. The largest absolute Gasteiger partial charge is 0.297 e. The summed E-state index contributed by atoms with van der Waals surface area (Å²) < 4.78 is 0. The predicted molar refractivity (Wildman–Crippen MR) is 55.8 cm³/mol. The van der Waals surface area contributed by atoms with Crippen LogP contribution in [0.1, 0.15) is 31.0 Å². The molecule has 2 rings (SSSR count). The van der Waals surface area contributed by atoms with E-state index in [9.17, 15) is 0 Å². The first-order chi connectivity index (χ1) is 6.20. The number of hydrogen-bond acceptors (Lipinski definition) is 1. The molecule has 1 heterocycles. The summed E-state index contributed by atoms with van der Waals surface area (Å²) in [5.74, 6) is 0. The molecule has 0 radical (unpaired) electrons. The van der Waals surface area contributed by atoms with E-state index in [1.165, 1.54) is 17.5 Å². The van der Waals surface area contributed by atoms with Gasteiger partial charge in [-0.3, -0.25) is 4.90 Å². The summed E-state index contributed by atoms with van der Waals surface area (Å²) in [7, 11) is 2.21. The molecular formula is C12H17N. The molecule has 70 valence electrons. The minimum atomic E-state index is 0.569. The number of benzene rings is 1. The highest BCUT2D eigenvalue weighted by atomic mass is 15.2. The lowest BCUT2D eigenvalue weighted by atomic mass is 9.90. The lowest BCUT2D eigenvalue weighted by Gasteiger charge is -2.37. The average Bonchev–Trinajstić information content (AvgIpc) is 2.15. The van der Waals surface area contributed by atoms with Gasteiger partial charge in [-0.05, 0) is 38.4 Å². The topological polar surface area (TPSA) is 3.24 Å². The maximum atomic E-state index is 2.45. The zero-order chi connectivity index (χ0) is 9.42. The standard InChI is InChI=1S/C12H17N/c1-9-8-11-6-4-5-7-12(11)10(2)13(9)3/h4-7,9-10H,8H2,1-3H3. The van der Waals surface area contributed by atoms with Crippen molar-refractivity contribution in [3.05, 3.63) is 35.4 Å². The molecule has 1 aromatic rings. The van der Waals surface area contributed by atoms with Crippen LogP contribution in [0, 0.1) is 0 Å². The molecule has 1 nitrogen and oxygen atoms in total. The second kappa shape index (κ2) is 3.15. The minimum Gasteiger partial charge on any atom is -0.297 e. The average molecular weight is 175 g/mol. The van der Waals surface area contributed by atoms with Crippen LogP contribution in [0.15, 0.2) is 24.3 Å². The lowest BCUT2D eigenvalue weighted by molar-refractivity contribution is 0.179. The predicted octanol–water partition coefficient (Wildman–Crippen LogP) is 2.62. The van der Waals surface area contributed by atoms with Gasteiger partial charge in [-0.15, -0.1) is 0 Å². The molecule has 0 N–H and O–H groups in total. The van der Waals surface area contributed by atoms with Crippen molar-refractivity contribution in [2.75, 3.05) is 7.05 Å². The van der Waals surface area contributed by atoms with E-state index in [0.29, 0.717) is 12.1 Å². The SMILES string of the molecule is CC1Cc2ccccc2C(C)N1C. The van der Waals surface area contributed by atoms with Gasteiger partial charge in [-0.25, -0.2) is 0 Å². The molecule has 13 heavy (non-hydrogen) atoms. The van der Waals surface area contributed by atoms with Crippen molar-refractivity contribution < 1.29 is 0 Å². The number of nitrogens with zero attached hydrogens (tertiary/aromatic N) is 1. The van der Waals surface area contributed by atoms with Crippen LogP contribution >= 0.6 is 0 Å². The Morgan fingerprint density at radius 1 is 1.23 bits per heavy atom. The highest BCUT2D eigenvalue weighted by Crippen LogP contribution is 2.30. The summed E-state index contributed by atoms with van der Waals surface area (Å²) in [5, 5.41) is 0. The first kappa shape index (κ1) is 8.76. The molecule has 0 aromatic heterocycles. The van der Waals surface area contributed by atoms with E-state index in [1.54, 1.807) is 0 Å². The van der Waals surface area contributed by atoms with Crippen LogP contribution < -0.4 is 0 Å². The molecule has 2 atom stereocenters. The third-order valence-corrected chi connectivity index (χ3v) is 3.33. The van der Waals surface area contributed by atoms with Crippen LogP contribution in [0.5, 0.6) is 0 Å². The van der Waals surface area contributed by atoms with Gasteiger partial charge in [0.25, 0.3) is 0 Å². The Bertz CT molecular complexity index is 306. The van der Waals surface area contributed by atoms with E-state index in [2.05, 4.69) is 50.1 Å². The van der Waals surface area contributed by atoms with E-state index < -0.39 is 0 Å². The van der Waals surface area contributed by atoms with Crippen LogP contribution in [-0.2, 0) is 6.42 Å². The fraction of sp³-hybridized carbons (Fsp3) is 0.500. The first-order valence-electron chi connectivity index (χ1n) is 5.00. The Labute approximate surface area is 80.4 Å². The molecule has 1 aliphatic heterocycles. The van der Waals surface area contributed by atoms with Crippen LogP contribution in [0.4, 0.5) is 0 Å². The fourth-order valence-corrected chi connectivity index (χ4v) is 2.19. The van der Waals surface area contributed by atoms with Crippen molar-refractivity contribution in [1.82, 2.24) is 4.90 Å². The monoisotopic (exact) mass is 175 g/mol. The van der Waals surface area contributed by atoms with Gasteiger partial charge in [-0.1, -0.05) is 24.3 Å². The highest BCUT2D eigenvalue weighted by molar-refractivity contribution is 5.32. The maximum absolute atomic E-state index is 2.45. The summed E-state index contributed by atoms with van der Waals surface area (Å²) in [4.78, 5) is 2.45. The number of rotatable bonds is 0. The van der Waals surface area contributed by atoms with E-state index in [-0.39, 0.29) is 0 Å². The molecule has 0 spiro atoms. The molecule has 0 saturated carbocycles. The van der Waals surface area contributed by atoms with E-state index >= 15 is 0 Å². The van der Waals surface area contributed by atoms with Crippen molar-refractivity contribution in [3.8, 4) is 0 Å². The van der Waals surface area contributed by atoms with E-state index in [4.69, 9.17) is 0 Å². The van der Waals surface area contributed by atoms with Gasteiger partial charge >= 0.3 is 0 Å². The van der Waals surface area contributed by atoms with Crippen molar-refractivity contribution >= 4 is 0 Å². The van der Waals surface area contributed by atoms with Crippen LogP contribution in [0.2, 0.25) is 0 Å². The Balaban J connectivity index is 2.43.